The molecule has 4 saturated carbocycles. The number of carbonyl (C=O) groups is 1. The fourth-order valence-electron chi connectivity index (χ4n) is 11.7. The molecule has 47 heavy (non-hydrogen) atoms. The highest BCUT2D eigenvalue weighted by atomic mass is 16.7. The van der Waals surface area contributed by atoms with Crippen LogP contribution in [-0.4, -0.2) is 87.1 Å². The van der Waals surface area contributed by atoms with E-state index in [0.29, 0.717) is 19.3 Å². The highest BCUT2D eigenvalue weighted by Gasteiger charge is 2.72. The number of esters is 1. The molecule has 1 saturated heterocycles. The molecule has 0 radical (unpaired) electrons. The highest BCUT2D eigenvalue weighted by molar-refractivity contribution is 5.65. The Labute approximate surface area is 281 Å². The van der Waals surface area contributed by atoms with Gasteiger partial charge in [-0.1, -0.05) is 57.9 Å². The zero-order chi connectivity index (χ0) is 34.9. The molecule has 0 spiro atoms. The summed E-state index contributed by atoms with van der Waals surface area (Å²) in [6.45, 7) is 18.7. The third-order valence-electron chi connectivity index (χ3n) is 14.2. The van der Waals surface area contributed by atoms with Gasteiger partial charge in [-0.3, -0.25) is 4.79 Å². The summed E-state index contributed by atoms with van der Waals surface area (Å²) in [4.78, 5) is 11.5. The molecule has 15 atom stereocenters. The van der Waals surface area contributed by atoms with Crippen molar-refractivity contribution in [2.75, 3.05) is 6.61 Å². The van der Waals surface area contributed by atoms with Crippen LogP contribution in [0.2, 0.25) is 0 Å². The maximum Gasteiger partial charge on any atom is 0.302 e. The average Bonchev–Trinajstić information content (AvgIpc) is 3.35. The molecule has 9 nitrogen and oxygen atoms in total. The van der Waals surface area contributed by atoms with E-state index in [1.165, 1.54) is 18.1 Å². The molecule has 9 heteroatoms. The summed E-state index contributed by atoms with van der Waals surface area (Å²) in [5.41, 5.74) is 1.37. The van der Waals surface area contributed by atoms with E-state index < -0.39 is 60.4 Å². The Morgan fingerprint density at radius 1 is 0.872 bits per heavy atom. The Morgan fingerprint density at radius 2 is 1.55 bits per heavy atom. The lowest BCUT2D eigenvalue weighted by Crippen LogP contribution is -2.70. The first kappa shape index (κ1) is 36.9. The van der Waals surface area contributed by atoms with Crippen LogP contribution < -0.4 is 0 Å². The third kappa shape index (κ3) is 6.08. The Hall–Kier alpha value is -1.33. The van der Waals surface area contributed by atoms with Crippen LogP contribution in [0.4, 0.5) is 0 Å². The Kier molecular flexibility index (Phi) is 10.3. The molecular formula is C38H62O9. The molecule has 5 rings (SSSR count). The molecule has 5 N–H and O–H groups in total. The van der Waals surface area contributed by atoms with Gasteiger partial charge in [-0.25, -0.2) is 0 Å². The van der Waals surface area contributed by atoms with Gasteiger partial charge in [0.05, 0.1) is 18.3 Å². The van der Waals surface area contributed by atoms with Crippen molar-refractivity contribution in [3.63, 3.8) is 0 Å². The molecule has 0 amide bonds. The van der Waals surface area contributed by atoms with Gasteiger partial charge in [0.15, 0.2) is 6.29 Å². The van der Waals surface area contributed by atoms with E-state index in [4.69, 9.17) is 14.2 Å². The second kappa shape index (κ2) is 13.1. The standard InChI is InChI=1S/C38H62O9/c1-20(2)11-10-12-21(3)23-13-16-37(8)29(23)24(40)17-27-36(7)15-14-28(41)35(5,6)33(36)25(18-38(27,37)9)46-34-32(44)31(43)30(42)26(47-34)19-45-22(4)39/h11-12,23-34,40-44H,10,13-19H2,1-9H3. The molecule has 1 heterocycles. The van der Waals surface area contributed by atoms with Crippen LogP contribution in [0.1, 0.15) is 107 Å². The summed E-state index contributed by atoms with van der Waals surface area (Å²) < 4.78 is 18.0. The van der Waals surface area contributed by atoms with E-state index in [9.17, 15) is 30.3 Å². The topological polar surface area (TPSA) is 146 Å². The van der Waals surface area contributed by atoms with E-state index in [0.717, 1.165) is 25.7 Å². The van der Waals surface area contributed by atoms with Crippen LogP contribution in [0.15, 0.2) is 23.3 Å². The molecule has 5 aliphatic rings. The van der Waals surface area contributed by atoms with Crippen molar-refractivity contribution in [2.45, 2.75) is 156 Å². The summed E-state index contributed by atoms with van der Waals surface area (Å²) in [7, 11) is 0. The van der Waals surface area contributed by atoms with Gasteiger partial charge in [0.25, 0.3) is 0 Å². The number of hydrogen-bond donors (Lipinski definition) is 5. The molecule has 15 unspecified atom stereocenters. The summed E-state index contributed by atoms with van der Waals surface area (Å²) in [5, 5.41) is 56.1. The second-order valence-corrected chi connectivity index (χ2v) is 17.4. The Bertz CT molecular complexity index is 1230. The fourth-order valence-corrected chi connectivity index (χ4v) is 11.7. The van der Waals surface area contributed by atoms with E-state index in [2.05, 4.69) is 67.5 Å². The summed E-state index contributed by atoms with van der Waals surface area (Å²) in [6, 6.07) is 0. The minimum atomic E-state index is -1.55. The summed E-state index contributed by atoms with van der Waals surface area (Å²) >= 11 is 0. The Morgan fingerprint density at radius 3 is 2.19 bits per heavy atom. The van der Waals surface area contributed by atoms with Crippen molar-refractivity contribution < 1.29 is 44.5 Å². The van der Waals surface area contributed by atoms with Crippen molar-refractivity contribution in [2.24, 2.45) is 45.3 Å². The lowest BCUT2D eigenvalue weighted by molar-refractivity contribution is -0.346. The summed E-state index contributed by atoms with van der Waals surface area (Å²) in [5.74, 6) is -0.124. The predicted molar refractivity (Wildman–Crippen MR) is 178 cm³/mol. The first-order valence-electron chi connectivity index (χ1n) is 17.9. The predicted octanol–water partition coefficient (Wildman–Crippen LogP) is 4.67. The van der Waals surface area contributed by atoms with Gasteiger partial charge >= 0.3 is 5.97 Å². The van der Waals surface area contributed by atoms with Crippen LogP contribution >= 0.6 is 0 Å². The minimum Gasteiger partial charge on any atom is -0.463 e. The molecule has 0 aromatic carbocycles. The monoisotopic (exact) mass is 662 g/mol. The number of aliphatic hydroxyl groups is 5. The lowest BCUT2D eigenvalue weighted by atomic mass is 9.34. The zero-order valence-corrected chi connectivity index (χ0v) is 30.1. The van der Waals surface area contributed by atoms with E-state index in [1.807, 2.05) is 0 Å². The SMILES string of the molecule is CC(=O)OCC1OC(OC2CC3(C)C(CC(O)C4C(C(C)=CCC=C(C)C)CCC43C)C3(C)CCC(O)C(C)(C)C23)C(O)C(O)C1O. The van der Waals surface area contributed by atoms with E-state index >= 15 is 0 Å². The maximum absolute atomic E-state index is 12.1. The van der Waals surface area contributed by atoms with Crippen LogP contribution in [0.3, 0.4) is 0 Å². The molecule has 0 aromatic heterocycles. The second-order valence-electron chi connectivity index (χ2n) is 17.4. The molecule has 4 aliphatic carbocycles. The molecule has 0 bridgehead atoms. The van der Waals surface area contributed by atoms with Crippen LogP contribution in [0.5, 0.6) is 0 Å². The summed E-state index contributed by atoms with van der Waals surface area (Å²) in [6.07, 6.45) is 1.89. The number of allylic oxidation sites excluding steroid dienone is 4. The van der Waals surface area contributed by atoms with Crippen LogP contribution in [0.25, 0.3) is 0 Å². The smallest absolute Gasteiger partial charge is 0.302 e. The number of hydrogen-bond acceptors (Lipinski definition) is 9. The molecule has 268 valence electrons. The number of ether oxygens (including phenoxy) is 3. The van der Waals surface area contributed by atoms with Gasteiger partial charge in [0.2, 0.25) is 0 Å². The van der Waals surface area contributed by atoms with E-state index in [1.54, 1.807) is 0 Å². The number of carbonyl (C=O) groups excluding carboxylic acids is 1. The van der Waals surface area contributed by atoms with Gasteiger partial charge in [0.1, 0.15) is 31.0 Å². The maximum atomic E-state index is 12.1. The quantitative estimate of drug-likeness (QED) is 0.149. The van der Waals surface area contributed by atoms with Crippen molar-refractivity contribution in [3.8, 4) is 0 Å². The van der Waals surface area contributed by atoms with Crippen molar-refractivity contribution in [1.82, 2.24) is 0 Å². The Balaban J connectivity index is 1.53. The zero-order valence-electron chi connectivity index (χ0n) is 30.1. The van der Waals surface area contributed by atoms with Crippen LogP contribution in [-0.2, 0) is 19.0 Å². The number of rotatable bonds is 7. The van der Waals surface area contributed by atoms with Crippen LogP contribution in [0, 0.1) is 45.3 Å². The molecule has 0 aromatic rings. The molecule has 5 fully saturated rings. The normalized spacial score (nSPS) is 49.4. The van der Waals surface area contributed by atoms with Crippen molar-refractivity contribution >= 4 is 5.97 Å². The molecular weight excluding hydrogens is 600 g/mol. The average molecular weight is 663 g/mol. The van der Waals surface area contributed by atoms with Gasteiger partial charge in [-0.05, 0) is 111 Å². The lowest BCUT2D eigenvalue weighted by Gasteiger charge is -2.72. The van der Waals surface area contributed by atoms with Gasteiger partial charge in [-0.15, -0.1) is 0 Å². The first-order chi connectivity index (χ1) is 21.8. The third-order valence-corrected chi connectivity index (χ3v) is 14.2. The largest absolute Gasteiger partial charge is 0.463 e. The number of aliphatic hydroxyl groups excluding tert-OH is 5. The minimum absolute atomic E-state index is 0.0938. The highest BCUT2D eigenvalue weighted by Crippen LogP contribution is 2.76. The van der Waals surface area contributed by atoms with Crippen molar-refractivity contribution in [1.29, 1.82) is 0 Å². The fraction of sp³-hybridized carbons (Fsp3) is 0.868. The first-order valence-corrected chi connectivity index (χ1v) is 17.9. The van der Waals surface area contributed by atoms with Crippen molar-refractivity contribution in [3.05, 3.63) is 23.3 Å². The van der Waals surface area contributed by atoms with Gasteiger partial charge in [0, 0.05) is 6.92 Å². The number of fused-ring (bicyclic) bond motifs is 5. The van der Waals surface area contributed by atoms with Gasteiger partial charge < -0.3 is 39.7 Å². The molecule has 1 aliphatic heterocycles. The van der Waals surface area contributed by atoms with E-state index in [-0.39, 0.29) is 46.5 Å². The van der Waals surface area contributed by atoms with Gasteiger partial charge in [-0.2, -0.15) is 0 Å².